The molecule has 6 heteroatoms. The van der Waals surface area contributed by atoms with Crippen LogP contribution in [-0.2, 0) is 9.53 Å². The second-order valence-electron chi connectivity index (χ2n) is 4.96. The van der Waals surface area contributed by atoms with Crippen molar-refractivity contribution in [1.82, 2.24) is 0 Å². The van der Waals surface area contributed by atoms with Crippen molar-refractivity contribution in [2.45, 2.75) is 6.92 Å². The Hall–Kier alpha value is -2.30. The molecular weight excluding hydrogens is 349 g/mol. The molecule has 0 N–H and O–H groups in total. The molecule has 1 heterocycles. The zero-order valence-electron chi connectivity index (χ0n) is 12.8. The van der Waals surface area contributed by atoms with E-state index in [0.29, 0.717) is 27.8 Å². The van der Waals surface area contributed by atoms with Gasteiger partial charge in [-0.1, -0.05) is 29.3 Å². The first kappa shape index (κ1) is 16.6. The molecule has 2 aromatic carbocycles. The van der Waals surface area contributed by atoms with E-state index < -0.39 is 5.97 Å². The van der Waals surface area contributed by atoms with Crippen LogP contribution in [0.4, 0.5) is 0 Å². The van der Waals surface area contributed by atoms with Crippen molar-refractivity contribution in [3.8, 4) is 5.75 Å². The fourth-order valence-corrected chi connectivity index (χ4v) is 2.62. The first-order valence-corrected chi connectivity index (χ1v) is 8.03. The molecule has 1 aliphatic heterocycles. The minimum Gasteiger partial charge on any atom is -0.494 e. The Morgan fingerprint density at radius 2 is 1.92 bits per heavy atom. The molecule has 0 aliphatic carbocycles. The zero-order chi connectivity index (χ0) is 17.1. The van der Waals surface area contributed by atoms with Gasteiger partial charge in [0.1, 0.15) is 5.75 Å². The summed E-state index contributed by atoms with van der Waals surface area (Å²) in [6.07, 6.45) is 1.57. The molecule has 0 saturated carbocycles. The third kappa shape index (κ3) is 3.61. The summed E-state index contributed by atoms with van der Waals surface area (Å²) in [5, 5.41) is 0.960. The average Bonchev–Trinajstić information content (AvgIpc) is 2.92. The highest BCUT2D eigenvalue weighted by atomic mass is 35.5. The molecule has 0 bridgehead atoms. The van der Waals surface area contributed by atoms with Crippen molar-refractivity contribution in [3.63, 3.8) is 0 Å². The largest absolute Gasteiger partial charge is 0.494 e. The van der Waals surface area contributed by atoms with Gasteiger partial charge in [0.25, 0.3) is 0 Å². The summed E-state index contributed by atoms with van der Waals surface area (Å²) in [5.41, 5.74) is 1.52. The highest BCUT2D eigenvalue weighted by molar-refractivity contribution is 6.35. The molecule has 0 radical (unpaired) electrons. The van der Waals surface area contributed by atoms with Gasteiger partial charge >= 0.3 is 5.97 Å². The van der Waals surface area contributed by atoms with Gasteiger partial charge in [0.2, 0.25) is 5.90 Å². The SMILES string of the molecule is CCOc1ccc(C2=N/C(=C\c3ccc(Cl)cc3Cl)C(=O)O2)cc1. The van der Waals surface area contributed by atoms with Gasteiger partial charge in [0, 0.05) is 15.6 Å². The number of rotatable bonds is 4. The number of hydrogen-bond donors (Lipinski definition) is 0. The first-order chi connectivity index (χ1) is 11.6. The molecule has 0 saturated heterocycles. The maximum absolute atomic E-state index is 12.0. The Bertz CT molecular complexity index is 842. The van der Waals surface area contributed by atoms with E-state index in [4.69, 9.17) is 32.7 Å². The minimum atomic E-state index is -0.523. The molecule has 0 fully saturated rings. The molecule has 0 atom stereocenters. The fourth-order valence-electron chi connectivity index (χ4n) is 2.16. The van der Waals surface area contributed by atoms with Crippen molar-refractivity contribution < 1.29 is 14.3 Å². The van der Waals surface area contributed by atoms with Gasteiger partial charge in [0.05, 0.1) is 6.61 Å². The number of carbonyl (C=O) groups is 1. The van der Waals surface area contributed by atoms with E-state index in [1.54, 1.807) is 48.5 Å². The molecule has 2 aromatic rings. The summed E-state index contributed by atoms with van der Waals surface area (Å²) in [7, 11) is 0. The van der Waals surface area contributed by atoms with Crippen LogP contribution >= 0.6 is 23.2 Å². The Balaban J connectivity index is 1.88. The number of ether oxygens (including phenoxy) is 2. The smallest absolute Gasteiger partial charge is 0.363 e. The second kappa shape index (κ2) is 7.07. The van der Waals surface area contributed by atoms with Gasteiger partial charge in [-0.2, -0.15) is 0 Å². The lowest BCUT2D eigenvalue weighted by molar-refractivity contribution is -0.129. The maximum atomic E-state index is 12.0. The lowest BCUT2D eigenvalue weighted by Gasteiger charge is -2.03. The number of nitrogens with zero attached hydrogens (tertiary/aromatic N) is 1. The predicted molar refractivity (Wildman–Crippen MR) is 94.7 cm³/mol. The summed E-state index contributed by atoms with van der Waals surface area (Å²) < 4.78 is 10.6. The van der Waals surface area contributed by atoms with Gasteiger partial charge in [0.15, 0.2) is 5.70 Å². The number of benzene rings is 2. The van der Waals surface area contributed by atoms with Crippen molar-refractivity contribution >= 4 is 41.1 Å². The number of cyclic esters (lactones) is 1. The summed E-state index contributed by atoms with van der Waals surface area (Å²) in [5.74, 6) is 0.471. The van der Waals surface area contributed by atoms with Crippen LogP contribution in [0, 0.1) is 0 Å². The van der Waals surface area contributed by atoms with Gasteiger partial charge in [-0.05, 0) is 55.0 Å². The standard InChI is InChI=1S/C18H13Cl2NO3/c1-2-23-14-7-4-11(5-8-14)17-21-16(18(22)24-17)9-12-3-6-13(19)10-15(12)20/h3-10H,2H2,1H3/b16-9-. The molecule has 4 nitrogen and oxygen atoms in total. The fraction of sp³-hybridized carbons (Fsp3) is 0.111. The van der Waals surface area contributed by atoms with Gasteiger partial charge in [-0.3, -0.25) is 0 Å². The lowest BCUT2D eigenvalue weighted by atomic mass is 10.2. The Morgan fingerprint density at radius 3 is 2.58 bits per heavy atom. The van der Waals surface area contributed by atoms with Crippen molar-refractivity contribution in [1.29, 1.82) is 0 Å². The van der Waals surface area contributed by atoms with E-state index in [9.17, 15) is 4.79 Å². The van der Waals surface area contributed by atoms with E-state index >= 15 is 0 Å². The highest BCUT2D eigenvalue weighted by Gasteiger charge is 2.24. The molecule has 0 amide bonds. The van der Waals surface area contributed by atoms with E-state index in [1.165, 1.54) is 0 Å². The monoisotopic (exact) mass is 361 g/mol. The van der Waals surface area contributed by atoms with Crippen LogP contribution in [-0.4, -0.2) is 18.5 Å². The third-order valence-electron chi connectivity index (χ3n) is 3.29. The highest BCUT2D eigenvalue weighted by Crippen LogP contribution is 2.26. The molecule has 3 rings (SSSR count). The van der Waals surface area contributed by atoms with Crippen LogP contribution in [0.1, 0.15) is 18.1 Å². The molecule has 24 heavy (non-hydrogen) atoms. The number of halogens is 2. The van der Waals surface area contributed by atoms with Crippen LogP contribution in [0.25, 0.3) is 6.08 Å². The summed E-state index contributed by atoms with van der Waals surface area (Å²) in [6, 6.07) is 12.2. The topological polar surface area (TPSA) is 47.9 Å². The molecule has 122 valence electrons. The third-order valence-corrected chi connectivity index (χ3v) is 3.85. The van der Waals surface area contributed by atoms with Crippen LogP contribution in [0.3, 0.4) is 0 Å². The molecule has 0 unspecified atom stereocenters. The number of esters is 1. The van der Waals surface area contributed by atoms with Crippen LogP contribution in [0.2, 0.25) is 10.0 Å². The van der Waals surface area contributed by atoms with Crippen molar-refractivity contribution in [2.24, 2.45) is 4.99 Å². The quantitative estimate of drug-likeness (QED) is 0.583. The second-order valence-corrected chi connectivity index (χ2v) is 5.80. The predicted octanol–water partition coefficient (Wildman–Crippen LogP) is 4.74. The van der Waals surface area contributed by atoms with Crippen molar-refractivity contribution in [2.75, 3.05) is 6.61 Å². The van der Waals surface area contributed by atoms with Gasteiger partial charge in [-0.15, -0.1) is 0 Å². The normalized spacial score (nSPS) is 15.4. The number of aliphatic imine (C=N–C) groups is 1. The number of carbonyl (C=O) groups excluding carboxylic acids is 1. The van der Waals surface area contributed by atoms with E-state index in [1.807, 2.05) is 6.92 Å². The Kier molecular flexibility index (Phi) is 4.88. The minimum absolute atomic E-state index is 0.183. The van der Waals surface area contributed by atoms with E-state index in [-0.39, 0.29) is 11.6 Å². The summed E-state index contributed by atoms with van der Waals surface area (Å²) >= 11 is 12.0. The summed E-state index contributed by atoms with van der Waals surface area (Å²) in [6.45, 7) is 2.50. The number of hydrogen-bond acceptors (Lipinski definition) is 4. The lowest BCUT2D eigenvalue weighted by Crippen LogP contribution is -2.05. The van der Waals surface area contributed by atoms with Gasteiger partial charge in [-0.25, -0.2) is 9.79 Å². The van der Waals surface area contributed by atoms with Crippen LogP contribution in [0.15, 0.2) is 53.2 Å². The van der Waals surface area contributed by atoms with Crippen molar-refractivity contribution in [3.05, 3.63) is 69.3 Å². The molecule has 1 aliphatic rings. The molecular formula is C18H13Cl2NO3. The Morgan fingerprint density at radius 1 is 1.17 bits per heavy atom. The zero-order valence-corrected chi connectivity index (χ0v) is 14.3. The van der Waals surface area contributed by atoms with Gasteiger partial charge < -0.3 is 9.47 Å². The van der Waals surface area contributed by atoms with E-state index in [2.05, 4.69) is 4.99 Å². The van der Waals surface area contributed by atoms with E-state index in [0.717, 1.165) is 5.75 Å². The Labute approximate surface area is 149 Å². The van der Waals surface area contributed by atoms with Crippen LogP contribution in [0.5, 0.6) is 5.75 Å². The summed E-state index contributed by atoms with van der Waals surface area (Å²) in [4.78, 5) is 16.3. The maximum Gasteiger partial charge on any atom is 0.363 e. The molecule has 0 aromatic heterocycles. The first-order valence-electron chi connectivity index (χ1n) is 7.27. The van der Waals surface area contributed by atoms with Crippen LogP contribution < -0.4 is 4.74 Å². The average molecular weight is 362 g/mol. The molecule has 0 spiro atoms.